The molecule has 1 aromatic carbocycles. The van der Waals surface area contributed by atoms with E-state index in [2.05, 4.69) is 27.9 Å². The van der Waals surface area contributed by atoms with E-state index in [1.807, 2.05) is 19.1 Å². The van der Waals surface area contributed by atoms with E-state index in [-0.39, 0.29) is 0 Å². The molecule has 0 radical (unpaired) electrons. The SMILES string of the molecule is COc1cc2cc(-c3ccsc3)c(C)nc2cc1OC. The summed E-state index contributed by atoms with van der Waals surface area (Å²) in [5.41, 5.74) is 4.30. The zero-order valence-corrected chi connectivity index (χ0v) is 12.5. The van der Waals surface area contributed by atoms with Crippen LogP contribution in [0.5, 0.6) is 11.5 Å². The van der Waals surface area contributed by atoms with Crippen LogP contribution in [-0.2, 0) is 0 Å². The molecule has 2 aromatic heterocycles. The van der Waals surface area contributed by atoms with Crippen LogP contribution in [0.2, 0.25) is 0 Å². The average molecular weight is 285 g/mol. The molecular weight excluding hydrogens is 270 g/mol. The quantitative estimate of drug-likeness (QED) is 0.719. The first kappa shape index (κ1) is 12.9. The maximum atomic E-state index is 5.35. The van der Waals surface area contributed by atoms with Crippen molar-refractivity contribution in [1.82, 2.24) is 4.98 Å². The van der Waals surface area contributed by atoms with Crippen molar-refractivity contribution in [2.75, 3.05) is 14.2 Å². The first-order valence-corrected chi connectivity index (χ1v) is 7.23. The van der Waals surface area contributed by atoms with Gasteiger partial charge in [-0.3, -0.25) is 4.98 Å². The number of rotatable bonds is 3. The van der Waals surface area contributed by atoms with Gasteiger partial charge in [-0.25, -0.2) is 0 Å². The lowest BCUT2D eigenvalue weighted by Crippen LogP contribution is -1.93. The van der Waals surface area contributed by atoms with Crippen molar-refractivity contribution in [2.24, 2.45) is 0 Å². The molecule has 0 atom stereocenters. The number of pyridine rings is 1. The normalized spacial score (nSPS) is 10.8. The molecule has 0 amide bonds. The monoisotopic (exact) mass is 285 g/mol. The third-order valence-corrected chi connectivity index (χ3v) is 4.03. The molecule has 3 rings (SSSR count). The predicted molar refractivity (Wildman–Crippen MR) is 82.9 cm³/mol. The third-order valence-electron chi connectivity index (χ3n) is 3.34. The Morgan fingerprint density at radius 3 is 2.45 bits per heavy atom. The highest BCUT2D eigenvalue weighted by molar-refractivity contribution is 7.08. The molecule has 4 heteroatoms. The van der Waals surface area contributed by atoms with Crippen LogP contribution < -0.4 is 9.47 Å². The lowest BCUT2D eigenvalue weighted by atomic mass is 10.0. The van der Waals surface area contributed by atoms with Gasteiger partial charge >= 0.3 is 0 Å². The van der Waals surface area contributed by atoms with E-state index >= 15 is 0 Å². The number of hydrogen-bond acceptors (Lipinski definition) is 4. The van der Waals surface area contributed by atoms with Crippen LogP contribution in [0.3, 0.4) is 0 Å². The van der Waals surface area contributed by atoms with Crippen LogP contribution in [0, 0.1) is 6.92 Å². The van der Waals surface area contributed by atoms with Crippen molar-refractivity contribution >= 4 is 22.2 Å². The fourth-order valence-electron chi connectivity index (χ4n) is 2.31. The standard InChI is InChI=1S/C16H15NO2S/c1-10-13(11-4-5-20-9-11)6-12-7-15(18-2)16(19-3)8-14(12)17-10/h4-9H,1-3H3. The minimum absolute atomic E-state index is 0.704. The van der Waals surface area contributed by atoms with Crippen LogP contribution in [-0.4, -0.2) is 19.2 Å². The van der Waals surface area contributed by atoms with Crippen molar-refractivity contribution in [3.63, 3.8) is 0 Å². The molecular formula is C16H15NO2S. The Balaban J connectivity index is 2.24. The van der Waals surface area contributed by atoms with Crippen LogP contribution in [0.1, 0.15) is 5.69 Å². The lowest BCUT2D eigenvalue weighted by Gasteiger charge is -2.11. The van der Waals surface area contributed by atoms with E-state index in [1.54, 1.807) is 25.6 Å². The lowest BCUT2D eigenvalue weighted by molar-refractivity contribution is 0.356. The number of fused-ring (bicyclic) bond motifs is 1. The maximum absolute atomic E-state index is 5.35. The molecule has 0 saturated heterocycles. The number of nitrogens with zero attached hydrogens (tertiary/aromatic N) is 1. The molecule has 102 valence electrons. The smallest absolute Gasteiger partial charge is 0.162 e. The summed E-state index contributed by atoms with van der Waals surface area (Å²) in [4.78, 5) is 4.68. The molecule has 2 heterocycles. The first-order chi connectivity index (χ1) is 9.72. The molecule has 3 aromatic rings. The minimum Gasteiger partial charge on any atom is -0.493 e. The van der Waals surface area contributed by atoms with E-state index < -0.39 is 0 Å². The Labute approximate surface area is 121 Å². The summed E-state index contributed by atoms with van der Waals surface area (Å²) in [6.45, 7) is 2.03. The average Bonchev–Trinajstić information content (AvgIpc) is 2.99. The largest absolute Gasteiger partial charge is 0.493 e. The highest BCUT2D eigenvalue weighted by Gasteiger charge is 2.10. The van der Waals surface area contributed by atoms with Gasteiger partial charge in [-0.2, -0.15) is 11.3 Å². The highest BCUT2D eigenvalue weighted by Crippen LogP contribution is 2.34. The Bertz CT molecular complexity index is 751. The number of ether oxygens (including phenoxy) is 2. The van der Waals surface area contributed by atoms with Crippen LogP contribution in [0.15, 0.2) is 35.0 Å². The van der Waals surface area contributed by atoms with E-state index in [1.165, 1.54) is 5.56 Å². The van der Waals surface area contributed by atoms with Gasteiger partial charge in [-0.1, -0.05) is 0 Å². The summed E-state index contributed by atoms with van der Waals surface area (Å²) in [7, 11) is 3.28. The van der Waals surface area contributed by atoms with Gasteiger partial charge in [-0.05, 0) is 41.4 Å². The number of thiophene rings is 1. The van der Waals surface area contributed by atoms with Gasteiger partial charge in [0.2, 0.25) is 0 Å². The molecule has 3 nitrogen and oxygen atoms in total. The maximum Gasteiger partial charge on any atom is 0.162 e. The number of methoxy groups -OCH3 is 2. The number of benzene rings is 1. The molecule has 0 aliphatic rings. The summed E-state index contributed by atoms with van der Waals surface area (Å²) in [6.07, 6.45) is 0. The van der Waals surface area contributed by atoms with Gasteiger partial charge in [0.1, 0.15) is 0 Å². The fourth-order valence-corrected chi connectivity index (χ4v) is 2.96. The van der Waals surface area contributed by atoms with Crippen molar-refractivity contribution in [2.45, 2.75) is 6.92 Å². The number of aryl methyl sites for hydroxylation is 1. The summed E-state index contributed by atoms with van der Waals surface area (Å²) >= 11 is 1.69. The van der Waals surface area contributed by atoms with Gasteiger partial charge in [0.25, 0.3) is 0 Å². The highest BCUT2D eigenvalue weighted by atomic mass is 32.1. The Kier molecular flexibility index (Phi) is 3.32. The molecule has 0 spiro atoms. The number of aromatic nitrogens is 1. The van der Waals surface area contributed by atoms with Crippen molar-refractivity contribution in [3.8, 4) is 22.6 Å². The summed E-state index contributed by atoms with van der Waals surface area (Å²) in [6, 6.07) is 8.15. The van der Waals surface area contributed by atoms with Crippen molar-refractivity contribution < 1.29 is 9.47 Å². The van der Waals surface area contributed by atoms with Gasteiger partial charge in [-0.15, -0.1) is 0 Å². The zero-order valence-electron chi connectivity index (χ0n) is 11.6. The predicted octanol–water partition coefficient (Wildman–Crippen LogP) is 4.29. The minimum atomic E-state index is 0.704. The fraction of sp³-hybridized carbons (Fsp3) is 0.188. The van der Waals surface area contributed by atoms with E-state index in [4.69, 9.17) is 9.47 Å². The second-order valence-electron chi connectivity index (χ2n) is 4.53. The molecule has 20 heavy (non-hydrogen) atoms. The van der Waals surface area contributed by atoms with Crippen molar-refractivity contribution in [1.29, 1.82) is 0 Å². The van der Waals surface area contributed by atoms with Gasteiger partial charge in [0, 0.05) is 22.7 Å². The van der Waals surface area contributed by atoms with Gasteiger partial charge < -0.3 is 9.47 Å². The Morgan fingerprint density at radius 1 is 1.05 bits per heavy atom. The van der Waals surface area contributed by atoms with Crippen LogP contribution >= 0.6 is 11.3 Å². The summed E-state index contributed by atoms with van der Waals surface area (Å²) in [5.74, 6) is 1.43. The second-order valence-corrected chi connectivity index (χ2v) is 5.31. The number of hydrogen-bond donors (Lipinski definition) is 0. The first-order valence-electron chi connectivity index (χ1n) is 6.29. The zero-order chi connectivity index (χ0) is 14.1. The van der Waals surface area contributed by atoms with Crippen LogP contribution in [0.25, 0.3) is 22.0 Å². The molecule has 0 aliphatic heterocycles. The van der Waals surface area contributed by atoms with E-state index in [0.29, 0.717) is 5.75 Å². The molecule has 0 unspecified atom stereocenters. The molecule has 0 aliphatic carbocycles. The summed E-state index contributed by atoms with van der Waals surface area (Å²) in [5, 5.41) is 5.26. The van der Waals surface area contributed by atoms with Crippen molar-refractivity contribution in [3.05, 3.63) is 40.7 Å². The second kappa shape index (κ2) is 5.13. The molecule has 0 bridgehead atoms. The van der Waals surface area contributed by atoms with E-state index in [0.717, 1.165) is 27.9 Å². The summed E-state index contributed by atoms with van der Waals surface area (Å²) < 4.78 is 10.7. The molecule has 0 N–H and O–H groups in total. The van der Waals surface area contributed by atoms with Gasteiger partial charge in [0.15, 0.2) is 11.5 Å². The molecule has 0 fully saturated rings. The third kappa shape index (κ3) is 2.12. The Hall–Kier alpha value is -2.07. The van der Waals surface area contributed by atoms with E-state index in [9.17, 15) is 0 Å². The topological polar surface area (TPSA) is 31.4 Å². The van der Waals surface area contributed by atoms with Crippen LogP contribution in [0.4, 0.5) is 0 Å². The van der Waals surface area contributed by atoms with Gasteiger partial charge in [0.05, 0.1) is 19.7 Å². The Morgan fingerprint density at radius 2 is 1.80 bits per heavy atom. The molecule has 0 saturated carbocycles.